The Labute approximate surface area is 264 Å². The van der Waals surface area contributed by atoms with Crippen LogP contribution in [0.3, 0.4) is 0 Å². The molecule has 3 aromatic carbocycles. The van der Waals surface area contributed by atoms with E-state index in [0.717, 1.165) is 27.3 Å². The third kappa shape index (κ3) is 8.47. The van der Waals surface area contributed by atoms with E-state index < -0.39 is 34.0 Å². The van der Waals surface area contributed by atoms with Crippen LogP contribution in [-0.2, 0) is 37.5 Å². The van der Waals surface area contributed by atoms with Gasteiger partial charge in [-0.15, -0.1) is 11.3 Å². The lowest BCUT2D eigenvalue weighted by molar-refractivity contribution is -0.135. The van der Waals surface area contributed by atoms with Gasteiger partial charge in [0, 0.05) is 19.8 Å². The minimum absolute atomic E-state index is 0.00201. The number of carbonyl (C=O) groups excluding carboxylic acids is 2. The van der Waals surface area contributed by atoms with Gasteiger partial charge < -0.3 is 19.5 Å². The highest BCUT2D eigenvalue weighted by atomic mass is 32.2. The Kier molecular flexibility index (Phi) is 10.9. The molecule has 0 saturated carbocycles. The molecule has 0 aliphatic carbocycles. The summed E-state index contributed by atoms with van der Waals surface area (Å²) in [5.41, 5.74) is 1.33. The number of aromatic nitrogens is 1. The molecule has 0 atom stereocenters. The van der Waals surface area contributed by atoms with E-state index in [1.165, 1.54) is 50.0 Å². The van der Waals surface area contributed by atoms with Crippen LogP contribution in [0.4, 0.5) is 5.69 Å². The molecule has 0 aliphatic rings. The lowest BCUT2D eigenvalue weighted by Crippen LogP contribution is -2.36. The summed E-state index contributed by atoms with van der Waals surface area (Å²) in [6, 6.07) is 20.6. The van der Waals surface area contributed by atoms with Gasteiger partial charge in [-0.05, 0) is 54.5 Å². The maximum Gasteiger partial charge on any atom is 0.333 e. The molecule has 0 bridgehead atoms. The number of hydrogen-bond acceptors (Lipinski definition) is 9. The van der Waals surface area contributed by atoms with Crippen molar-refractivity contribution in [1.82, 2.24) is 8.87 Å². The number of rotatable bonds is 12. The molecule has 45 heavy (non-hydrogen) atoms. The van der Waals surface area contributed by atoms with Crippen LogP contribution >= 0.6 is 11.3 Å². The predicted molar refractivity (Wildman–Crippen MR) is 172 cm³/mol. The van der Waals surface area contributed by atoms with E-state index in [0.29, 0.717) is 23.7 Å². The van der Waals surface area contributed by atoms with Crippen molar-refractivity contribution in [3.8, 4) is 11.5 Å². The second-order valence-electron chi connectivity index (χ2n) is 9.78. The number of benzene rings is 3. The Morgan fingerprint density at radius 2 is 1.76 bits per heavy atom. The molecule has 4 aromatic rings. The third-order valence-electron chi connectivity index (χ3n) is 6.39. The number of nitrogens with one attached hydrogen (secondary N) is 1. The summed E-state index contributed by atoms with van der Waals surface area (Å²) in [4.78, 5) is 38.9. The molecule has 0 unspecified atom stereocenters. The van der Waals surface area contributed by atoms with Crippen LogP contribution in [0.2, 0.25) is 0 Å². The quantitative estimate of drug-likeness (QED) is 0.231. The number of methoxy groups -OCH3 is 1. The number of esters is 1. The van der Waals surface area contributed by atoms with E-state index in [4.69, 9.17) is 14.2 Å². The van der Waals surface area contributed by atoms with Gasteiger partial charge >= 0.3 is 5.97 Å². The van der Waals surface area contributed by atoms with Crippen molar-refractivity contribution < 1.29 is 32.2 Å². The van der Waals surface area contributed by atoms with E-state index in [1.807, 2.05) is 30.3 Å². The fraction of sp³-hybridized carbons (Fsp3) is 0.219. The van der Waals surface area contributed by atoms with Gasteiger partial charge in [0.05, 0.1) is 29.2 Å². The molecule has 0 saturated heterocycles. The van der Waals surface area contributed by atoms with Crippen LogP contribution in [0, 0.1) is 0 Å². The van der Waals surface area contributed by atoms with Crippen molar-refractivity contribution in [2.75, 3.05) is 33.1 Å². The molecule has 0 fully saturated rings. The molecule has 1 heterocycles. The first kappa shape index (κ1) is 33.2. The molecular formula is C32H33N3O8S2. The SMILES string of the molecule is CCOC(=O)C=c1sc(=Cc2ccc(OC)c(OCc3ccccc3)c2)c(=O)n1CC(=O)Nc1cccc(S(=O)(=O)N(C)C)c1. The maximum atomic E-state index is 13.5. The van der Waals surface area contributed by atoms with Gasteiger partial charge in [-0.25, -0.2) is 17.5 Å². The predicted octanol–water partition coefficient (Wildman–Crippen LogP) is 2.56. The minimum atomic E-state index is -3.73. The number of sulfonamides is 1. The normalized spacial score (nSPS) is 12.3. The van der Waals surface area contributed by atoms with Crippen LogP contribution in [0.25, 0.3) is 12.2 Å². The molecular weight excluding hydrogens is 618 g/mol. The standard InChI is InChI=1S/C32H33N3O8S2/c1-5-42-31(37)19-30-35(20-29(36)33-24-12-9-13-25(18-24)45(39,40)34(2)3)32(38)28(44-30)17-23-14-15-26(41-4)27(16-23)43-21-22-10-7-6-8-11-22/h6-19H,5,20-21H2,1-4H3,(H,33,36). The van der Waals surface area contributed by atoms with Crippen molar-refractivity contribution in [3.05, 3.63) is 103 Å². The highest BCUT2D eigenvalue weighted by molar-refractivity contribution is 7.89. The van der Waals surface area contributed by atoms with Crippen LogP contribution in [-0.4, -0.2) is 57.0 Å². The fourth-order valence-corrected chi connectivity index (χ4v) is 6.13. The van der Waals surface area contributed by atoms with Gasteiger partial charge in [0.2, 0.25) is 15.9 Å². The smallest absolute Gasteiger partial charge is 0.333 e. The number of carbonyl (C=O) groups is 2. The van der Waals surface area contributed by atoms with Gasteiger partial charge in [-0.1, -0.05) is 42.5 Å². The number of amides is 1. The summed E-state index contributed by atoms with van der Waals surface area (Å²) in [6.45, 7) is 1.66. The summed E-state index contributed by atoms with van der Waals surface area (Å²) in [7, 11) is 0.620. The van der Waals surface area contributed by atoms with E-state index in [9.17, 15) is 22.8 Å². The zero-order chi connectivity index (χ0) is 32.6. The molecule has 1 amide bonds. The van der Waals surface area contributed by atoms with Crippen LogP contribution in [0.1, 0.15) is 18.1 Å². The van der Waals surface area contributed by atoms with Gasteiger partial charge in [0.15, 0.2) is 11.5 Å². The highest BCUT2D eigenvalue weighted by Crippen LogP contribution is 2.29. The maximum absolute atomic E-state index is 13.5. The summed E-state index contributed by atoms with van der Waals surface area (Å²) in [5, 5.41) is 2.63. The average molecular weight is 652 g/mol. The number of hydrogen-bond donors (Lipinski definition) is 1. The van der Waals surface area contributed by atoms with E-state index in [-0.39, 0.29) is 26.4 Å². The lowest BCUT2D eigenvalue weighted by Gasteiger charge is -2.12. The van der Waals surface area contributed by atoms with E-state index in [1.54, 1.807) is 31.2 Å². The fourth-order valence-electron chi connectivity index (χ4n) is 4.15. The van der Waals surface area contributed by atoms with E-state index >= 15 is 0 Å². The Morgan fingerprint density at radius 1 is 1.00 bits per heavy atom. The molecule has 0 spiro atoms. The van der Waals surface area contributed by atoms with Crippen molar-refractivity contribution in [2.45, 2.75) is 25.0 Å². The first-order chi connectivity index (χ1) is 21.5. The van der Waals surface area contributed by atoms with Crippen molar-refractivity contribution in [1.29, 1.82) is 0 Å². The average Bonchev–Trinajstić information content (AvgIpc) is 3.29. The molecule has 4 rings (SSSR count). The molecule has 236 valence electrons. The highest BCUT2D eigenvalue weighted by Gasteiger charge is 2.18. The van der Waals surface area contributed by atoms with Crippen molar-refractivity contribution in [2.24, 2.45) is 0 Å². The molecule has 0 radical (unpaired) electrons. The van der Waals surface area contributed by atoms with Gasteiger partial charge in [0.25, 0.3) is 5.56 Å². The zero-order valence-electron chi connectivity index (χ0n) is 25.2. The second kappa shape index (κ2) is 14.8. The molecule has 1 N–H and O–H groups in total. The topological polar surface area (TPSA) is 133 Å². The Morgan fingerprint density at radius 3 is 2.44 bits per heavy atom. The lowest BCUT2D eigenvalue weighted by atomic mass is 10.2. The summed E-state index contributed by atoms with van der Waals surface area (Å²) < 4.78 is 44.2. The number of nitrogens with zero attached hydrogens (tertiary/aromatic N) is 2. The van der Waals surface area contributed by atoms with Gasteiger partial charge in [0.1, 0.15) is 17.8 Å². The van der Waals surface area contributed by atoms with Crippen LogP contribution in [0.15, 0.2) is 82.5 Å². The van der Waals surface area contributed by atoms with E-state index in [2.05, 4.69) is 5.32 Å². The molecule has 13 heteroatoms. The summed E-state index contributed by atoms with van der Waals surface area (Å²) in [6.07, 6.45) is 2.79. The molecule has 11 nitrogen and oxygen atoms in total. The minimum Gasteiger partial charge on any atom is -0.493 e. The Balaban J connectivity index is 1.67. The monoisotopic (exact) mass is 651 g/mol. The zero-order valence-corrected chi connectivity index (χ0v) is 26.8. The summed E-state index contributed by atoms with van der Waals surface area (Å²) >= 11 is 1.02. The molecule has 0 aliphatic heterocycles. The third-order valence-corrected chi connectivity index (χ3v) is 9.26. The van der Waals surface area contributed by atoms with Crippen LogP contribution in [0.5, 0.6) is 11.5 Å². The first-order valence-electron chi connectivity index (χ1n) is 13.8. The number of thiazole rings is 1. The second-order valence-corrected chi connectivity index (χ2v) is 13.0. The largest absolute Gasteiger partial charge is 0.493 e. The van der Waals surface area contributed by atoms with Crippen molar-refractivity contribution >= 4 is 51.1 Å². The first-order valence-corrected chi connectivity index (χ1v) is 16.0. The van der Waals surface area contributed by atoms with Gasteiger partial charge in [-0.3, -0.25) is 14.2 Å². The summed E-state index contributed by atoms with van der Waals surface area (Å²) in [5.74, 6) is -0.271. The Hall–Kier alpha value is -4.72. The number of anilines is 1. The number of ether oxygens (including phenoxy) is 3. The van der Waals surface area contributed by atoms with Crippen molar-refractivity contribution in [3.63, 3.8) is 0 Å². The molecule has 1 aromatic heterocycles. The van der Waals surface area contributed by atoms with Gasteiger partial charge in [-0.2, -0.15) is 0 Å². The Bertz CT molecular complexity index is 1970. The van der Waals surface area contributed by atoms with Crippen LogP contribution < -0.4 is 29.5 Å².